The number of hydrogen-bond acceptors (Lipinski definition) is 2. The third kappa shape index (κ3) is 3.47. The average molecular weight is 246 g/mol. The van der Waals surface area contributed by atoms with Crippen molar-refractivity contribution in [3.05, 3.63) is 34.6 Å². The molecule has 0 bridgehead atoms. The quantitative estimate of drug-likeness (QED) is 0.835. The van der Waals surface area contributed by atoms with E-state index in [1.165, 1.54) is 12.1 Å². The molecule has 0 amide bonds. The molecule has 0 aliphatic rings. The largest absolute Gasteiger partial charge is 0.481 e. The van der Waals surface area contributed by atoms with E-state index in [4.69, 9.17) is 22.4 Å². The minimum atomic E-state index is -0.916. The normalized spacial score (nSPS) is 12.4. The Morgan fingerprint density at radius 2 is 2.25 bits per heavy atom. The predicted molar refractivity (Wildman–Crippen MR) is 59.9 cm³/mol. The van der Waals surface area contributed by atoms with Crippen molar-refractivity contribution in [3.8, 4) is 0 Å². The molecule has 1 rings (SSSR count). The van der Waals surface area contributed by atoms with E-state index < -0.39 is 17.7 Å². The highest BCUT2D eigenvalue weighted by molar-refractivity contribution is 6.30. The summed E-state index contributed by atoms with van der Waals surface area (Å²) >= 11 is 5.53. The van der Waals surface area contributed by atoms with Crippen molar-refractivity contribution < 1.29 is 14.3 Å². The van der Waals surface area contributed by atoms with E-state index in [0.29, 0.717) is 18.5 Å². The summed E-state index contributed by atoms with van der Waals surface area (Å²) in [6, 6.07) is 4.31. The third-order valence-electron chi connectivity index (χ3n) is 2.33. The number of hydrogen-bond donors (Lipinski definition) is 2. The fourth-order valence-electron chi connectivity index (χ4n) is 1.47. The summed E-state index contributed by atoms with van der Waals surface area (Å²) in [5.41, 5.74) is 5.93. The minimum absolute atomic E-state index is 0.0365. The monoisotopic (exact) mass is 245 g/mol. The van der Waals surface area contributed by atoms with E-state index in [-0.39, 0.29) is 11.4 Å². The number of benzene rings is 1. The van der Waals surface area contributed by atoms with E-state index in [0.717, 1.165) is 0 Å². The first-order chi connectivity index (χ1) is 7.54. The van der Waals surface area contributed by atoms with Crippen LogP contribution in [0, 0.1) is 11.7 Å². The number of rotatable bonds is 5. The molecule has 1 aromatic carbocycles. The molecule has 0 fully saturated rings. The Kier molecular flexibility index (Phi) is 4.71. The van der Waals surface area contributed by atoms with Crippen molar-refractivity contribution in [2.75, 3.05) is 6.54 Å². The molecule has 0 aliphatic heterocycles. The molecule has 0 saturated carbocycles. The molecule has 0 radical (unpaired) electrons. The van der Waals surface area contributed by atoms with Crippen LogP contribution in [0.25, 0.3) is 0 Å². The Morgan fingerprint density at radius 3 is 2.75 bits per heavy atom. The van der Waals surface area contributed by atoms with Crippen LogP contribution in [-0.2, 0) is 11.2 Å². The van der Waals surface area contributed by atoms with Crippen LogP contribution in [0.2, 0.25) is 5.02 Å². The molecular formula is C11H13ClFNO2. The number of carbonyl (C=O) groups is 1. The molecule has 1 atom stereocenters. The van der Waals surface area contributed by atoms with Crippen LogP contribution in [0.3, 0.4) is 0 Å². The maximum absolute atomic E-state index is 13.1. The van der Waals surface area contributed by atoms with E-state index in [9.17, 15) is 9.18 Å². The zero-order valence-electron chi connectivity index (χ0n) is 8.62. The molecule has 16 heavy (non-hydrogen) atoms. The third-order valence-corrected chi connectivity index (χ3v) is 2.64. The molecule has 0 heterocycles. The van der Waals surface area contributed by atoms with Crippen LogP contribution < -0.4 is 5.73 Å². The van der Waals surface area contributed by atoms with Gasteiger partial charge < -0.3 is 10.8 Å². The summed E-state index contributed by atoms with van der Waals surface area (Å²) in [5, 5.41) is 8.95. The average Bonchev–Trinajstić information content (AvgIpc) is 2.22. The second-order valence-corrected chi connectivity index (χ2v) is 3.97. The fourth-order valence-corrected chi connectivity index (χ4v) is 1.58. The number of carboxylic acid groups (broad SMARTS) is 1. The van der Waals surface area contributed by atoms with E-state index in [1.54, 1.807) is 6.07 Å². The smallest absolute Gasteiger partial charge is 0.306 e. The van der Waals surface area contributed by atoms with Crippen LogP contribution in [0.1, 0.15) is 12.0 Å². The summed E-state index contributed by atoms with van der Waals surface area (Å²) < 4.78 is 13.1. The fraction of sp³-hybridized carbons (Fsp3) is 0.364. The standard InChI is InChI=1S/C11H13ClFNO2/c12-9-2-1-7(6-10(9)13)5-8(3-4-14)11(15)16/h1-2,6,8H,3-5,14H2,(H,15,16). The maximum Gasteiger partial charge on any atom is 0.306 e. The van der Waals surface area contributed by atoms with Gasteiger partial charge in [-0.2, -0.15) is 0 Å². The Bertz CT molecular complexity index is 384. The number of aliphatic carboxylic acids is 1. The number of nitrogens with two attached hydrogens (primary N) is 1. The van der Waals surface area contributed by atoms with Crippen molar-refractivity contribution in [2.24, 2.45) is 11.7 Å². The van der Waals surface area contributed by atoms with E-state index in [2.05, 4.69) is 0 Å². The van der Waals surface area contributed by atoms with Gasteiger partial charge >= 0.3 is 5.97 Å². The lowest BCUT2D eigenvalue weighted by Crippen LogP contribution is -2.20. The second-order valence-electron chi connectivity index (χ2n) is 3.57. The number of halogens is 2. The first kappa shape index (κ1) is 12.9. The first-order valence-electron chi connectivity index (χ1n) is 4.91. The Balaban J connectivity index is 2.77. The molecule has 88 valence electrons. The highest BCUT2D eigenvalue weighted by Gasteiger charge is 2.17. The minimum Gasteiger partial charge on any atom is -0.481 e. The molecule has 3 nitrogen and oxygen atoms in total. The van der Waals surface area contributed by atoms with E-state index >= 15 is 0 Å². The second kappa shape index (κ2) is 5.82. The SMILES string of the molecule is NCCC(Cc1ccc(Cl)c(F)c1)C(=O)O. The topological polar surface area (TPSA) is 63.3 Å². The summed E-state index contributed by atoms with van der Waals surface area (Å²) in [6.07, 6.45) is 0.639. The summed E-state index contributed by atoms with van der Waals surface area (Å²) in [6.45, 7) is 0.299. The van der Waals surface area contributed by atoms with Crippen LogP contribution >= 0.6 is 11.6 Å². The maximum atomic E-state index is 13.1. The summed E-state index contributed by atoms with van der Waals surface area (Å²) in [7, 11) is 0. The van der Waals surface area contributed by atoms with Gasteiger partial charge in [-0.15, -0.1) is 0 Å². The molecule has 0 aliphatic carbocycles. The molecule has 1 unspecified atom stereocenters. The number of carboxylic acids is 1. The lowest BCUT2D eigenvalue weighted by atomic mass is 9.96. The lowest BCUT2D eigenvalue weighted by molar-refractivity contribution is -0.141. The van der Waals surface area contributed by atoms with Gasteiger partial charge in [-0.05, 0) is 37.1 Å². The van der Waals surface area contributed by atoms with Gasteiger partial charge in [-0.25, -0.2) is 4.39 Å². The molecule has 0 saturated heterocycles. The van der Waals surface area contributed by atoms with Crippen LogP contribution in [0.4, 0.5) is 4.39 Å². The van der Waals surface area contributed by atoms with Gasteiger partial charge in [-0.1, -0.05) is 17.7 Å². The Morgan fingerprint density at radius 1 is 1.56 bits per heavy atom. The highest BCUT2D eigenvalue weighted by Crippen LogP contribution is 2.19. The van der Waals surface area contributed by atoms with Gasteiger partial charge in [0, 0.05) is 0 Å². The predicted octanol–water partition coefficient (Wildman–Crippen LogP) is 2.07. The molecule has 0 spiro atoms. The van der Waals surface area contributed by atoms with Gasteiger partial charge in [0.25, 0.3) is 0 Å². The Hall–Kier alpha value is -1.13. The van der Waals surface area contributed by atoms with Crippen LogP contribution in [0.5, 0.6) is 0 Å². The molecule has 1 aromatic rings. The van der Waals surface area contributed by atoms with Crippen LogP contribution in [-0.4, -0.2) is 17.6 Å². The first-order valence-corrected chi connectivity index (χ1v) is 5.29. The summed E-state index contributed by atoms with van der Waals surface area (Å²) in [5.74, 6) is -2.03. The van der Waals surface area contributed by atoms with Gasteiger partial charge in [0.2, 0.25) is 0 Å². The summed E-state index contributed by atoms with van der Waals surface area (Å²) in [4.78, 5) is 10.9. The molecule has 5 heteroatoms. The van der Waals surface area contributed by atoms with Crippen LogP contribution in [0.15, 0.2) is 18.2 Å². The molecule has 0 aromatic heterocycles. The van der Waals surface area contributed by atoms with Crippen molar-refractivity contribution >= 4 is 17.6 Å². The highest BCUT2D eigenvalue weighted by atomic mass is 35.5. The van der Waals surface area contributed by atoms with Crippen molar-refractivity contribution in [1.29, 1.82) is 0 Å². The van der Waals surface area contributed by atoms with Crippen molar-refractivity contribution in [2.45, 2.75) is 12.8 Å². The van der Waals surface area contributed by atoms with E-state index in [1.807, 2.05) is 0 Å². The Labute approximate surface area is 98.0 Å². The molecular weight excluding hydrogens is 233 g/mol. The van der Waals surface area contributed by atoms with Crippen molar-refractivity contribution in [1.82, 2.24) is 0 Å². The van der Waals surface area contributed by atoms with Gasteiger partial charge in [-0.3, -0.25) is 4.79 Å². The van der Waals surface area contributed by atoms with Gasteiger partial charge in [0.05, 0.1) is 10.9 Å². The zero-order valence-corrected chi connectivity index (χ0v) is 9.38. The van der Waals surface area contributed by atoms with Gasteiger partial charge in [0.15, 0.2) is 0 Å². The molecule has 3 N–H and O–H groups in total. The van der Waals surface area contributed by atoms with Gasteiger partial charge in [0.1, 0.15) is 5.82 Å². The zero-order chi connectivity index (χ0) is 12.1. The lowest BCUT2D eigenvalue weighted by Gasteiger charge is -2.11. The van der Waals surface area contributed by atoms with Crippen molar-refractivity contribution in [3.63, 3.8) is 0 Å².